The minimum Gasteiger partial charge on any atom is -0.445 e. The van der Waals surface area contributed by atoms with Gasteiger partial charge in [-0.3, -0.25) is 9.59 Å². The van der Waals surface area contributed by atoms with E-state index in [9.17, 15) is 14.4 Å². The molecule has 9 nitrogen and oxygen atoms in total. The molecule has 3 rings (SSSR count). The van der Waals surface area contributed by atoms with Crippen molar-refractivity contribution in [1.29, 1.82) is 0 Å². The minimum absolute atomic E-state index is 0.0690. The Morgan fingerprint density at radius 2 is 1.77 bits per heavy atom. The van der Waals surface area contributed by atoms with Crippen LogP contribution in [-0.4, -0.2) is 58.5 Å². The summed E-state index contributed by atoms with van der Waals surface area (Å²) in [5, 5.41) is 5.64. The molecule has 0 saturated carbocycles. The average Bonchev–Trinajstić information content (AvgIpc) is 3.46. The third-order valence-electron chi connectivity index (χ3n) is 6.27. The second-order valence-electron chi connectivity index (χ2n) is 9.85. The fraction of sp³-hybridized carbons (Fsp3) is 0.333. The molecule has 206 valence electrons. The van der Waals surface area contributed by atoms with E-state index in [1.807, 2.05) is 73.7 Å². The molecule has 0 aliphatic carbocycles. The number of alkyl carbamates (subject to hydrolysis) is 1. The van der Waals surface area contributed by atoms with E-state index in [1.54, 1.807) is 12.3 Å². The van der Waals surface area contributed by atoms with Gasteiger partial charge < -0.3 is 25.3 Å². The highest BCUT2D eigenvalue weighted by Crippen LogP contribution is 2.21. The number of amides is 3. The number of allylic oxidation sites excluding steroid dienone is 1. The van der Waals surface area contributed by atoms with Crippen LogP contribution >= 0.6 is 0 Å². The van der Waals surface area contributed by atoms with Gasteiger partial charge in [0.15, 0.2) is 0 Å². The molecule has 1 unspecified atom stereocenters. The number of aromatic amines is 1. The van der Waals surface area contributed by atoms with E-state index >= 15 is 0 Å². The normalized spacial score (nSPS) is 12.1. The quantitative estimate of drug-likeness (QED) is 0.291. The summed E-state index contributed by atoms with van der Waals surface area (Å²) in [7, 11) is 0. The van der Waals surface area contributed by atoms with Gasteiger partial charge in [-0.2, -0.15) is 0 Å². The molecule has 0 aliphatic rings. The number of nitrogens with one attached hydrogen (secondary N) is 3. The summed E-state index contributed by atoms with van der Waals surface area (Å²) in [5.41, 5.74) is 2.30. The number of rotatable bonds is 13. The number of benzene rings is 2. The van der Waals surface area contributed by atoms with Crippen LogP contribution in [0, 0.1) is 0 Å². The lowest BCUT2D eigenvalue weighted by atomic mass is 9.84. The van der Waals surface area contributed by atoms with Crippen LogP contribution in [0.3, 0.4) is 0 Å². The lowest BCUT2D eigenvalue weighted by molar-refractivity contribution is -0.137. The summed E-state index contributed by atoms with van der Waals surface area (Å²) in [6.45, 7) is 6.47. The molecule has 1 aromatic heterocycles. The van der Waals surface area contributed by atoms with Gasteiger partial charge in [0, 0.05) is 36.8 Å². The van der Waals surface area contributed by atoms with E-state index < -0.39 is 18.0 Å². The monoisotopic (exact) mass is 531 g/mol. The molecule has 0 saturated heterocycles. The Labute approximate surface area is 229 Å². The molecule has 3 aromatic rings. The molecule has 2 aromatic carbocycles. The number of carbonyl (C=O) groups is 3. The van der Waals surface area contributed by atoms with Crippen molar-refractivity contribution in [2.24, 2.45) is 0 Å². The van der Waals surface area contributed by atoms with Crippen LogP contribution in [0.1, 0.15) is 37.6 Å². The number of aromatic nitrogens is 2. The van der Waals surface area contributed by atoms with Gasteiger partial charge in [-0.25, -0.2) is 9.78 Å². The predicted octanol–water partition coefficient (Wildman–Crippen LogP) is 3.75. The first-order valence-electron chi connectivity index (χ1n) is 12.9. The van der Waals surface area contributed by atoms with Gasteiger partial charge in [-0.05, 0) is 18.1 Å². The summed E-state index contributed by atoms with van der Waals surface area (Å²) in [6, 6.07) is 18.2. The van der Waals surface area contributed by atoms with Crippen LogP contribution < -0.4 is 10.6 Å². The third kappa shape index (κ3) is 9.45. The van der Waals surface area contributed by atoms with Crippen LogP contribution in [0.15, 0.2) is 85.3 Å². The van der Waals surface area contributed by atoms with Crippen LogP contribution in [-0.2, 0) is 32.8 Å². The molecule has 0 spiro atoms. The Kier molecular flexibility index (Phi) is 10.9. The zero-order chi connectivity index (χ0) is 28.1. The summed E-state index contributed by atoms with van der Waals surface area (Å²) in [6.07, 6.45) is 6.13. The van der Waals surface area contributed by atoms with E-state index in [0.717, 1.165) is 11.1 Å². The van der Waals surface area contributed by atoms with Crippen LogP contribution in [0.25, 0.3) is 0 Å². The first-order chi connectivity index (χ1) is 18.8. The highest BCUT2D eigenvalue weighted by molar-refractivity contribution is 5.90. The largest absolute Gasteiger partial charge is 0.445 e. The predicted molar refractivity (Wildman–Crippen MR) is 150 cm³/mol. The SMILES string of the molecule is CC=CCN(CC(=O)NCC(C)(C)c1ccccc1)C(=O)C(Cc1cnc[nH]1)NC(=O)OCc1ccccc1. The molecule has 3 amide bonds. The highest BCUT2D eigenvalue weighted by Gasteiger charge is 2.29. The van der Waals surface area contributed by atoms with Gasteiger partial charge in [-0.15, -0.1) is 0 Å². The number of H-pyrrole nitrogens is 1. The molecule has 39 heavy (non-hydrogen) atoms. The van der Waals surface area contributed by atoms with E-state index in [1.165, 1.54) is 11.2 Å². The van der Waals surface area contributed by atoms with Crippen molar-refractivity contribution in [1.82, 2.24) is 25.5 Å². The molecule has 9 heteroatoms. The molecule has 1 heterocycles. The lowest BCUT2D eigenvalue weighted by Gasteiger charge is -2.28. The maximum absolute atomic E-state index is 13.7. The lowest BCUT2D eigenvalue weighted by Crippen LogP contribution is -2.52. The Hall–Kier alpha value is -4.40. The molecule has 3 N–H and O–H groups in total. The zero-order valence-corrected chi connectivity index (χ0v) is 22.7. The van der Waals surface area contributed by atoms with Crippen molar-refractivity contribution >= 4 is 17.9 Å². The van der Waals surface area contributed by atoms with Gasteiger partial charge in [0.05, 0.1) is 12.9 Å². The third-order valence-corrected chi connectivity index (χ3v) is 6.27. The molecule has 0 aliphatic heterocycles. The Bertz CT molecular complexity index is 1210. The van der Waals surface area contributed by atoms with Crippen molar-refractivity contribution in [2.45, 2.75) is 45.3 Å². The van der Waals surface area contributed by atoms with Crippen LogP contribution in [0.4, 0.5) is 4.79 Å². The number of nitrogens with zero attached hydrogens (tertiary/aromatic N) is 2. The smallest absolute Gasteiger partial charge is 0.408 e. The van der Waals surface area contributed by atoms with E-state index in [2.05, 4.69) is 34.4 Å². The summed E-state index contributed by atoms with van der Waals surface area (Å²) in [5.74, 6) is -0.694. The van der Waals surface area contributed by atoms with Crippen molar-refractivity contribution in [2.75, 3.05) is 19.6 Å². The van der Waals surface area contributed by atoms with Gasteiger partial charge in [0.1, 0.15) is 12.6 Å². The first kappa shape index (κ1) is 29.2. The standard InChI is InChI=1S/C30H37N5O4/c1-4-5-16-35(19-27(36)32-21-30(2,3)24-14-10-7-11-15-24)28(37)26(17-25-18-31-22-33-25)34-29(38)39-20-23-12-8-6-9-13-23/h4-15,18,22,26H,16-17,19-21H2,1-3H3,(H,31,33)(H,32,36)(H,34,38). The van der Waals surface area contributed by atoms with Gasteiger partial charge in [0.25, 0.3) is 0 Å². The molecular weight excluding hydrogens is 494 g/mol. The van der Waals surface area contributed by atoms with E-state index in [-0.39, 0.29) is 37.4 Å². The van der Waals surface area contributed by atoms with Crippen LogP contribution in [0.2, 0.25) is 0 Å². The number of hydrogen-bond acceptors (Lipinski definition) is 5. The Balaban J connectivity index is 1.67. The molecular formula is C30H37N5O4. The second-order valence-corrected chi connectivity index (χ2v) is 9.85. The summed E-state index contributed by atoms with van der Waals surface area (Å²) >= 11 is 0. The average molecular weight is 532 g/mol. The van der Waals surface area contributed by atoms with Gasteiger partial charge >= 0.3 is 6.09 Å². The fourth-order valence-corrected chi connectivity index (χ4v) is 3.95. The maximum Gasteiger partial charge on any atom is 0.408 e. The molecule has 0 fully saturated rings. The molecule has 0 bridgehead atoms. The van der Waals surface area contributed by atoms with Crippen molar-refractivity contribution in [3.63, 3.8) is 0 Å². The fourth-order valence-electron chi connectivity index (χ4n) is 3.95. The van der Waals surface area contributed by atoms with E-state index in [0.29, 0.717) is 12.2 Å². The number of carbonyl (C=O) groups excluding carboxylic acids is 3. The number of ether oxygens (including phenoxy) is 1. The van der Waals surface area contributed by atoms with E-state index in [4.69, 9.17) is 4.74 Å². The molecule has 0 radical (unpaired) electrons. The minimum atomic E-state index is -0.965. The van der Waals surface area contributed by atoms with Crippen molar-refractivity contribution in [3.05, 3.63) is 102 Å². The topological polar surface area (TPSA) is 116 Å². The van der Waals surface area contributed by atoms with Crippen molar-refractivity contribution < 1.29 is 19.1 Å². The van der Waals surface area contributed by atoms with Crippen molar-refractivity contribution in [3.8, 4) is 0 Å². The number of hydrogen-bond donors (Lipinski definition) is 3. The first-order valence-corrected chi connectivity index (χ1v) is 12.9. The summed E-state index contributed by atoms with van der Waals surface area (Å²) in [4.78, 5) is 47.6. The van der Waals surface area contributed by atoms with Gasteiger partial charge in [-0.1, -0.05) is 86.7 Å². The Morgan fingerprint density at radius 1 is 1.08 bits per heavy atom. The zero-order valence-electron chi connectivity index (χ0n) is 22.7. The highest BCUT2D eigenvalue weighted by atomic mass is 16.5. The number of imidazole rings is 1. The maximum atomic E-state index is 13.7. The molecule has 1 atom stereocenters. The van der Waals surface area contributed by atoms with Gasteiger partial charge in [0.2, 0.25) is 11.8 Å². The Morgan fingerprint density at radius 3 is 2.41 bits per heavy atom. The summed E-state index contributed by atoms with van der Waals surface area (Å²) < 4.78 is 5.35. The van der Waals surface area contributed by atoms with Crippen LogP contribution in [0.5, 0.6) is 0 Å². The second kappa shape index (κ2) is 14.5.